The van der Waals surface area contributed by atoms with Gasteiger partial charge in [0.2, 0.25) is 0 Å². The van der Waals surface area contributed by atoms with E-state index >= 15 is 0 Å². The highest BCUT2D eigenvalue weighted by atomic mass is 79.9. The van der Waals surface area contributed by atoms with Gasteiger partial charge in [-0.2, -0.15) is 0 Å². The van der Waals surface area contributed by atoms with Crippen molar-refractivity contribution in [3.63, 3.8) is 0 Å². The molecule has 96 valence electrons. The van der Waals surface area contributed by atoms with E-state index in [2.05, 4.69) is 39.4 Å². The predicted molar refractivity (Wildman–Crippen MR) is 82.7 cm³/mol. The zero-order chi connectivity index (χ0) is 13.2. The van der Waals surface area contributed by atoms with Gasteiger partial charge in [-0.1, -0.05) is 40.2 Å². The molecule has 0 atom stereocenters. The minimum absolute atomic E-state index is 0.414. The van der Waals surface area contributed by atoms with Gasteiger partial charge >= 0.3 is 0 Å². The first kappa shape index (κ1) is 12.6. The molecule has 0 unspecified atom stereocenters. The van der Waals surface area contributed by atoms with Crippen LogP contribution in [-0.2, 0) is 6.54 Å². The van der Waals surface area contributed by atoms with Gasteiger partial charge in [-0.15, -0.1) is 0 Å². The van der Waals surface area contributed by atoms with Crippen LogP contribution in [0.2, 0.25) is 5.22 Å². The average molecular weight is 337 g/mol. The minimum Gasteiger partial charge on any atom is -0.448 e. The van der Waals surface area contributed by atoms with Crippen LogP contribution in [0.4, 0.5) is 5.69 Å². The van der Waals surface area contributed by atoms with Crippen molar-refractivity contribution < 1.29 is 4.42 Å². The van der Waals surface area contributed by atoms with Crippen molar-refractivity contribution in [1.82, 2.24) is 0 Å². The normalized spacial score (nSPS) is 10.8. The molecule has 0 aliphatic carbocycles. The Labute approximate surface area is 124 Å². The number of anilines is 1. The summed E-state index contributed by atoms with van der Waals surface area (Å²) in [5, 5.41) is 6.15. The molecule has 0 saturated heterocycles. The summed E-state index contributed by atoms with van der Waals surface area (Å²) < 4.78 is 6.43. The SMILES string of the molecule is Clc1ccc(CNc2ccc(Br)c3ccccc23)o1. The van der Waals surface area contributed by atoms with Crippen LogP contribution in [0.5, 0.6) is 0 Å². The van der Waals surface area contributed by atoms with Gasteiger partial charge in [-0.3, -0.25) is 0 Å². The molecular formula is C15H11BrClNO. The highest BCUT2D eigenvalue weighted by Gasteiger charge is 2.05. The van der Waals surface area contributed by atoms with Gasteiger partial charge in [0.25, 0.3) is 0 Å². The molecule has 2 aromatic carbocycles. The Bertz CT molecular complexity index is 723. The van der Waals surface area contributed by atoms with Crippen LogP contribution in [0, 0.1) is 0 Å². The maximum Gasteiger partial charge on any atom is 0.193 e. The topological polar surface area (TPSA) is 25.2 Å². The fraction of sp³-hybridized carbons (Fsp3) is 0.0667. The maximum absolute atomic E-state index is 5.76. The van der Waals surface area contributed by atoms with E-state index < -0.39 is 0 Å². The van der Waals surface area contributed by atoms with E-state index in [9.17, 15) is 0 Å². The van der Waals surface area contributed by atoms with Crippen LogP contribution < -0.4 is 5.32 Å². The van der Waals surface area contributed by atoms with Gasteiger partial charge < -0.3 is 9.73 Å². The number of nitrogens with one attached hydrogen (secondary N) is 1. The lowest BCUT2D eigenvalue weighted by Gasteiger charge is -2.09. The van der Waals surface area contributed by atoms with E-state index in [0.29, 0.717) is 11.8 Å². The monoisotopic (exact) mass is 335 g/mol. The molecule has 2 nitrogen and oxygen atoms in total. The first-order valence-electron chi connectivity index (χ1n) is 5.89. The second-order valence-corrected chi connectivity index (χ2v) is 5.43. The summed E-state index contributed by atoms with van der Waals surface area (Å²) in [6.45, 7) is 0.609. The molecule has 1 aromatic heterocycles. The molecule has 0 spiro atoms. The van der Waals surface area contributed by atoms with Crippen LogP contribution in [0.3, 0.4) is 0 Å². The molecule has 0 amide bonds. The van der Waals surface area contributed by atoms with Crippen LogP contribution in [-0.4, -0.2) is 0 Å². The molecule has 0 fully saturated rings. The zero-order valence-corrected chi connectivity index (χ0v) is 12.3. The first-order valence-corrected chi connectivity index (χ1v) is 7.06. The van der Waals surface area contributed by atoms with Crippen molar-refractivity contribution in [2.75, 3.05) is 5.32 Å². The van der Waals surface area contributed by atoms with Crippen LogP contribution >= 0.6 is 27.5 Å². The standard InChI is InChI=1S/C15H11BrClNO/c16-13-6-7-14(12-4-2-1-3-11(12)13)18-9-10-5-8-15(17)19-10/h1-8,18H,9H2. The van der Waals surface area contributed by atoms with Gasteiger partial charge in [0.05, 0.1) is 6.54 Å². The fourth-order valence-electron chi connectivity index (χ4n) is 2.05. The number of hydrogen-bond acceptors (Lipinski definition) is 2. The largest absolute Gasteiger partial charge is 0.448 e. The number of halogens is 2. The number of fused-ring (bicyclic) bond motifs is 1. The van der Waals surface area contributed by atoms with Gasteiger partial charge in [0.1, 0.15) is 5.76 Å². The zero-order valence-electron chi connectivity index (χ0n) is 9.99. The van der Waals surface area contributed by atoms with Gasteiger partial charge in [0.15, 0.2) is 5.22 Å². The summed E-state index contributed by atoms with van der Waals surface area (Å²) in [7, 11) is 0. The lowest BCUT2D eigenvalue weighted by molar-refractivity contribution is 0.520. The Balaban J connectivity index is 1.91. The molecule has 19 heavy (non-hydrogen) atoms. The lowest BCUT2D eigenvalue weighted by Crippen LogP contribution is -1.98. The Morgan fingerprint density at radius 2 is 1.79 bits per heavy atom. The molecule has 4 heteroatoms. The van der Waals surface area contributed by atoms with Crippen molar-refractivity contribution >= 4 is 44.0 Å². The second-order valence-electron chi connectivity index (χ2n) is 4.20. The fourth-order valence-corrected chi connectivity index (χ4v) is 2.69. The van der Waals surface area contributed by atoms with E-state index in [-0.39, 0.29) is 0 Å². The third kappa shape index (κ3) is 2.62. The van der Waals surface area contributed by atoms with E-state index in [1.807, 2.05) is 24.3 Å². The van der Waals surface area contributed by atoms with Crippen molar-refractivity contribution in [3.05, 3.63) is 64.0 Å². The third-order valence-corrected chi connectivity index (χ3v) is 3.85. The Hall–Kier alpha value is -1.45. The van der Waals surface area contributed by atoms with E-state index in [0.717, 1.165) is 15.9 Å². The Morgan fingerprint density at radius 3 is 2.53 bits per heavy atom. The molecule has 3 rings (SSSR count). The van der Waals surface area contributed by atoms with Gasteiger partial charge in [-0.05, 0) is 41.3 Å². The molecule has 0 aliphatic rings. The molecule has 1 heterocycles. The Morgan fingerprint density at radius 1 is 1.00 bits per heavy atom. The summed E-state index contributed by atoms with van der Waals surface area (Å²) in [5.74, 6) is 0.817. The molecule has 0 saturated carbocycles. The van der Waals surface area contributed by atoms with Gasteiger partial charge in [0, 0.05) is 15.5 Å². The molecular weight excluding hydrogens is 326 g/mol. The minimum atomic E-state index is 0.414. The lowest BCUT2D eigenvalue weighted by atomic mass is 10.1. The summed E-state index contributed by atoms with van der Waals surface area (Å²) in [6.07, 6.45) is 0. The number of rotatable bonds is 3. The van der Waals surface area contributed by atoms with Crippen LogP contribution in [0.25, 0.3) is 10.8 Å². The average Bonchev–Trinajstić information content (AvgIpc) is 2.84. The molecule has 0 radical (unpaired) electrons. The highest BCUT2D eigenvalue weighted by molar-refractivity contribution is 9.10. The number of benzene rings is 2. The van der Waals surface area contributed by atoms with E-state index in [4.69, 9.17) is 16.0 Å². The summed E-state index contributed by atoms with van der Waals surface area (Å²) in [6, 6.07) is 16.0. The second kappa shape index (κ2) is 5.27. The number of hydrogen-bond donors (Lipinski definition) is 1. The quantitative estimate of drug-likeness (QED) is 0.687. The first-order chi connectivity index (χ1) is 9.24. The Kier molecular flexibility index (Phi) is 3.49. The predicted octanol–water partition coefficient (Wildman–Crippen LogP) is 5.46. The van der Waals surface area contributed by atoms with Crippen molar-refractivity contribution in [2.24, 2.45) is 0 Å². The summed E-state index contributed by atoms with van der Waals surface area (Å²) in [4.78, 5) is 0. The van der Waals surface area contributed by atoms with E-state index in [1.54, 1.807) is 6.07 Å². The molecule has 3 aromatic rings. The maximum atomic E-state index is 5.76. The van der Waals surface area contributed by atoms with Crippen molar-refractivity contribution in [2.45, 2.75) is 6.54 Å². The van der Waals surface area contributed by atoms with Crippen molar-refractivity contribution in [1.29, 1.82) is 0 Å². The van der Waals surface area contributed by atoms with Crippen LogP contribution in [0.15, 0.2) is 57.4 Å². The van der Waals surface area contributed by atoms with Crippen LogP contribution in [0.1, 0.15) is 5.76 Å². The molecule has 1 N–H and O–H groups in total. The van der Waals surface area contributed by atoms with Crippen molar-refractivity contribution in [3.8, 4) is 0 Å². The third-order valence-electron chi connectivity index (χ3n) is 2.95. The number of furan rings is 1. The molecule has 0 aliphatic heterocycles. The molecule has 0 bridgehead atoms. The smallest absolute Gasteiger partial charge is 0.193 e. The highest BCUT2D eigenvalue weighted by Crippen LogP contribution is 2.30. The summed E-state index contributed by atoms with van der Waals surface area (Å²) in [5.41, 5.74) is 1.08. The van der Waals surface area contributed by atoms with Gasteiger partial charge in [-0.25, -0.2) is 0 Å². The summed E-state index contributed by atoms with van der Waals surface area (Å²) >= 11 is 9.32. The van der Waals surface area contributed by atoms with E-state index in [1.165, 1.54) is 10.8 Å².